The minimum Gasteiger partial charge on any atom is -0.459 e. The van der Waals surface area contributed by atoms with Gasteiger partial charge in [-0.3, -0.25) is 14.6 Å². The van der Waals surface area contributed by atoms with Gasteiger partial charge >= 0.3 is 0 Å². The number of terminal acetylenes is 1. The van der Waals surface area contributed by atoms with E-state index >= 15 is 0 Å². The molecule has 4 atom stereocenters. The molecule has 1 saturated carbocycles. The van der Waals surface area contributed by atoms with Crippen LogP contribution >= 0.6 is 11.3 Å². The number of aromatic nitrogens is 2. The zero-order valence-electron chi connectivity index (χ0n) is 27.2. The molecule has 0 unspecified atom stereocenters. The number of nitrogens with two attached hydrogens (primary N) is 3. The Morgan fingerprint density at radius 2 is 1.96 bits per heavy atom. The Labute approximate surface area is 280 Å². The molecule has 47 heavy (non-hydrogen) atoms. The number of fused-ring (bicyclic) bond motifs is 4. The number of nitrogens with zero attached hydrogens (tertiary/aromatic N) is 4. The van der Waals surface area contributed by atoms with E-state index in [9.17, 15) is 4.79 Å². The van der Waals surface area contributed by atoms with Gasteiger partial charge in [0.05, 0.1) is 65.4 Å². The lowest BCUT2D eigenvalue weighted by Gasteiger charge is -2.46. The van der Waals surface area contributed by atoms with Gasteiger partial charge in [0, 0.05) is 35.7 Å². The van der Waals surface area contributed by atoms with Crippen LogP contribution in [0, 0.1) is 12.3 Å². The molecule has 250 valence electrons. The van der Waals surface area contributed by atoms with Crippen molar-refractivity contribution in [2.45, 2.75) is 93.3 Å². The third-order valence-corrected chi connectivity index (χ3v) is 12.8. The van der Waals surface area contributed by atoms with Gasteiger partial charge in [-0.05, 0) is 71.4 Å². The Bertz CT molecular complexity index is 1670. The Hall–Kier alpha value is -3.21. The molecule has 4 fully saturated rings. The van der Waals surface area contributed by atoms with E-state index in [-0.39, 0.29) is 17.2 Å². The van der Waals surface area contributed by atoms with Crippen molar-refractivity contribution in [3.8, 4) is 18.2 Å². The predicted octanol–water partition coefficient (Wildman–Crippen LogP) is 2.75. The number of carbonyl (C=O) groups is 1. The Morgan fingerprint density at radius 3 is 2.64 bits per heavy atom. The first-order valence-electron chi connectivity index (χ1n) is 17.1. The summed E-state index contributed by atoms with van der Waals surface area (Å²) in [5.41, 5.74) is 23.0. The van der Waals surface area contributed by atoms with E-state index < -0.39 is 11.5 Å². The maximum absolute atomic E-state index is 14.7. The zero-order chi connectivity index (χ0) is 32.5. The molecule has 0 aromatic carbocycles. The lowest BCUT2D eigenvalue weighted by Crippen LogP contribution is -2.56. The summed E-state index contributed by atoms with van der Waals surface area (Å²) in [4.78, 5) is 30.8. The fourth-order valence-electron chi connectivity index (χ4n) is 9.10. The molecular weight excluding hydrogens is 614 g/mol. The highest BCUT2D eigenvalue weighted by atomic mass is 32.1. The summed E-state index contributed by atoms with van der Waals surface area (Å²) in [6.07, 6.45) is 13.1. The number of Topliss-reactive ketones (excluding diaryl/α,β-unsaturated/α-hetero) is 1. The summed E-state index contributed by atoms with van der Waals surface area (Å²) in [6, 6.07) is 0.400. The molecule has 2 aromatic heterocycles. The topological polar surface area (TPSA) is 155 Å². The highest BCUT2D eigenvalue weighted by molar-refractivity contribution is 7.16. The van der Waals surface area contributed by atoms with Gasteiger partial charge in [-0.15, -0.1) is 17.8 Å². The second-order valence-electron chi connectivity index (χ2n) is 14.4. The molecule has 0 amide bonds. The lowest BCUT2D eigenvalue weighted by molar-refractivity contribution is -0.122. The molecule has 2 aromatic rings. The van der Waals surface area contributed by atoms with E-state index in [0.29, 0.717) is 79.1 Å². The van der Waals surface area contributed by atoms with Crippen LogP contribution in [-0.4, -0.2) is 90.3 Å². The van der Waals surface area contributed by atoms with E-state index in [4.69, 9.17) is 47.8 Å². The largest absolute Gasteiger partial charge is 0.459 e. The first kappa shape index (κ1) is 31.1. The second-order valence-corrected chi connectivity index (χ2v) is 15.6. The number of ketones is 1. The monoisotopic (exact) mass is 659 g/mol. The van der Waals surface area contributed by atoms with Crippen LogP contribution in [-0.2, 0) is 38.1 Å². The highest BCUT2D eigenvalue weighted by Gasteiger charge is 2.51. The van der Waals surface area contributed by atoms with Crippen molar-refractivity contribution in [1.82, 2.24) is 19.8 Å². The first-order chi connectivity index (χ1) is 22.7. The summed E-state index contributed by atoms with van der Waals surface area (Å²) in [5, 5.41) is 0.593. The molecule has 2 aliphatic carbocycles. The quantitative estimate of drug-likeness (QED) is 0.321. The summed E-state index contributed by atoms with van der Waals surface area (Å²) in [7, 11) is 2.09. The maximum atomic E-state index is 14.7. The number of likely N-dealkylation sites (N-methyl/N-ethyl adjacent to an activating group) is 1. The van der Waals surface area contributed by atoms with Crippen LogP contribution in [0.5, 0.6) is 5.88 Å². The SMILES string of the molecule is C#C[C@H](Oc1nc(/C(N)=C2\CCC[C@@]3(CCCc4sc(N)c(N)c43)C2=O)nc2c1CN(C1COC1)C[C@]21CCOC1)[C@@H]1CCCN1C. The van der Waals surface area contributed by atoms with Gasteiger partial charge in [-0.25, -0.2) is 4.98 Å². The summed E-state index contributed by atoms with van der Waals surface area (Å²) >= 11 is 1.52. The van der Waals surface area contributed by atoms with Crippen LogP contribution in [0.3, 0.4) is 0 Å². The van der Waals surface area contributed by atoms with Crippen molar-refractivity contribution in [3.05, 3.63) is 33.1 Å². The third kappa shape index (κ3) is 4.88. The van der Waals surface area contributed by atoms with E-state index in [1.165, 1.54) is 11.3 Å². The van der Waals surface area contributed by atoms with Gasteiger partial charge in [-0.2, -0.15) is 4.98 Å². The first-order valence-corrected chi connectivity index (χ1v) is 17.9. The van der Waals surface area contributed by atoms with Gasteiger partial charge in [0.25, 0.3) is 0 Å². The van der Waals surface area contributed by atoms with Gasteiger partial charge in [0.15, 0.2) is 17.7 Å². The molecule has 2 spiro atoms. The van der Waals surface area contributed by atoms with Crippen LogP contribution in [0.4, 0.5) is 10.7 Å². The normalized spacial score (nSPS) is 31.4. The van der Waals surface area contributed by atoms with Gasteiger partial charge in [0.1, 0.15) is 5.00 Å². The number of likely N-dealkylation sites (tertiary alicyclic amines) is 1. The van der Waals surface area contributed by atoms with E-state index in [2.05, 4.69) is 22.8 Å². The van der Waals surface area contributed by atoms with Crippen molar-refractivity contribution in [2.24, 2.45) is 5.73 Å². The molecule has 6 aliphatic rings. The molecule has 4 aliphatic heterocycles. The molecule has 6 heterocycles. The number of ether oxygens (including phenoxy) is 3. The van der Waals surface area contributed by atoms with Crippen molar-refractivity contribution in [2.75, 3.05) is 58.0 Å². The number of thiophene rings is 1. The van der Waals surface area contributed by atoms with Crippen LogP contribution in [0.25, 0.3) is 5.70 Å². The number of hydrogen-bond acceptors (Lipinski definition) is 12. The molecule has 3 saturated heterocycles. The van der Waals surface area contributed by atoms with Crippen LogP contribution in [0.1, 0.15) is 78.9 Å². The third-order valence-electron chi connectivity index (χ3n) is 11.7. The Kier molecular flexibility index (Phi) is 7.76. The Balaban J connectivity index is 1.25. The zero-order valence-corrected chi connectivity index (χ0v) is 28.0. The minimum absolute atomic E-state index is 0.0274. The van der Waals surface area contributed by atoms with Crippen LogP contribution in [0.2, 0.25) is 0 Å². The number of allylic oxidation sites excluding steroid dienone is 1. The van der Waals surface area contributed by atoms with Crippen LogP contribution < -0.4 is 21.9 Å². The fraction of sp³-hybridized carbons (Fsp3) is 0.629. The Morgan fingerprint density at radius 1 is 1.15 bits per heavy atom. The number of anilines is 2. The van der Waals surface area contributed by atoms with Crippen LogP contribution in [0.15, 0.2) is 5.57 Å². The van der Waals surface area contributed by atoms with Crippen molar-refractivity contribution < 1.29 is 19.0 Å². The molecule has 0 radical (unpaired) electrons. The van der Waals surface area contributed by atoms with E-state index in [1.807, 2.05) is 0 Å². The molecule has 0 bridgehead atoms. The average molecular weight is 660 g/mol. The van der Waals surface area contributed by atoms with Gasteiger partial charge in [0.2, 0.25) is 5.88 Å². The standard InChI is InChI=1S/C35H45N7O4S/c1-3-24(23-8-6-13-41(23)2)46-33-22-15-42(20-16-45-17-20)18-34(12-14-44-19-34)29(22)39-32(40-33)27(36)21-7-4-10-35(30(21)43)11-5-9-25-26(35)28(37)31(38)47-25/h1,20,23-24H,4-19,36-38H2,2H3/b27-21-/t23-,24-,34-,35-/m0/s1. The summed E-state index contributed by atoms with van der Waals surface area (Å²) in [5.74, 6) is 3.74. The van der Waals surface area contributed by atoms with E-state index in [0.717, 1.165) is 86.2 Å². The predicted molar refractivity (Wildman–Crippen MR) is 181 cm³/mol. The summed E-state index contributed by atoms with van der Waals surface area (Å²) in [6.45, 7) is 4.99. The highest BCUT2D eigenvalue weighted by Crippen LogP contribution is 2.53. The van der Waals surface area contributed by atoms with E-state index in [1.54, 1.807) is 0 Å². The smallest absolute Gasteiger partial charge is 0.223 e. The number of aryl methyl sites for hydroxylation is 1. The van der Waals surface area contributed by atoms with Gasteiger partial charge in [-0.1, -0.05) is 5.92 Å². The molecule has 11 nitrogen and oxygen atoms in total. The van der Waals surface area contributed by atoms with Crippen molar-refractivity contribution >= 4 is 33.5 Å². The molecule has 8 rings (SSSR count). The minimum atomic E-state index is -0.717. The number of hydrogen-bond donors (Lipinski definition) is 3. The maximum Gasteiger partial charge on any atom is 0.223 e. The molecule has 6 N–H and O–H groups in total. The molecular formula is C35H45N7O4S. The number of rotatable bonds is 5. The molecule has 12 heteroatoms. The second kappa shape index (κ2) is 11.7. The van der Waals surface area contributed by atoms with Gasteiger partial charge < -0.3 is 31.4 Å². The lowest BCUT2D eigenvalue weighted by atomic mass is 9.61. The average Bonchev–Trinajstić information content (AvgIpc) is 3.76. The number of carbonyl (C=O) groups excluding carboxylic acids is 1. The fourth-order valence-corrected chi connectivity index (χ4v) is 10.2. The van der Waals surface area contributed by atoms with Crippen molar-refractivity contribution in [1.29, 1.82) is 0 Å². The number of nitrogen functional groups attached to an aromatic ring is 2. The van der Waals surface area contributed by atoms with Crippen molar-refractivity contribution in [3.63, 3.8) is 0 Å². The summed E-state index contributed by atoms with van der Waals surface area (Å²) < 4.78 is 18.4.